The van der Waals surface area contributed by atoms with Gasteiger partial charge in [-0.25, -0.2) is 0 Å². The predicted molar refractivity (Wildman–Crippen MR) is 126 cm³/mol. The average molecular weight is 485 g/mol. The summed E-state index contributed by atoms with van der Waals surface area (Å²) in [4.78, 5) is 0. The van der Waals surface area contributed by atoms with Crippen molar-refractivity contribution < 1.29 is 0 Å². The molecule has 0 aromatic heterocycles. The normalized spacial score (nSPS) is 25.3. The first-order valence-corrected chi connectivity index (χ1v) is 19.3. The molecule has 1 N–H and O–H groups in total. The van der Waals surface area contributed by atoms with Crippen LogP contribution in [0, 0.1) is 10.8 Å². The molecule has 0 heterocycles. The number of rotatable bonds is 13. The van der Waals surface area contributed by atoms with Gasteiger partial charge in [0, 0.05) is 0 Å². The first kappa shape index (κ1) is 25.5. The van der Waals surface area contributed by atoms with Crippen LogP contribution in [0.3, 0.4) is 0 Å². The van der Waals surface area contributed by atoms with E-state index < -0.39 is 18.4 Å². The van der Waals surface area contributed by atoms with Gasteiger partial charge < -0.3 is 0 Å². The van der Waals surface area contributed by atoms with Crippen LogP contribution in [0.25, 0.3) is 0 Å². The first-order chi connectivity index (χ1) is 12.6. The molecule has 27 heavy (non-hydrogen) atoms. The second-order valence-corrected chi connectivity index (χ2v) is 23.3. The average Bonchev–Trinajstić information content (AvgIpc) is 2.83. The third kappa shape index (κ3) is 5.98. The summed E-state index contributed by atoms with van der Waals surface area (Å²) in [6.07, 6.45) is 12.5. The van der Waals surface area contributed by atoms with Crippen LogP contribution in [0.1, 0.15) is 93.4 Å². The fraction of sp³-hybridized carbons (Fsp3) is 0.917. The van der Waals surface area contributed by atoms with Crippen LogP contribution in [0.4, 0.5) is 0 Å². The maximum atomic E-state index is 3.86. The Bertz CT molecular complexity index is 447. The van der Waals surface area contributed by atoms with E-state index in [0.29, 0.717) is 11.5 Å². The second-order valence-electron chi connectivity index (χ2n) is 10.2. The number of hydrazine groups is 1. The van der Waals surface area contributed by atoms with Crippen LogP contribution >= 0.6 is 0 Å². The van der Waals surface area contributed by atoms with Crippen molar-refractivity contribution in [3.8, 4) is 0 Å². The van der Waals surface area contributed by atoms with Crippen molar-refractivity contribution in [2.75, 3.05) is 14.1 Å². The summed E-state index contributed by atoms with van der Waals surface area (Å²) in [5.41, 5.74) is 4.41. The Labute approximate surface area is 175 Å². The van der Waals surface area contributed by atoms with Gasteiger partial charge >= 0.3 is 176 Å². The van der Waals surface area contributed by atoms with E-state index in [-0.39, 0.29) is 5.41 Å². The predicted octanol–water partition coefficient (Wildman–Crippen LogP) is 7.19. The zero-order chi connectivity index (χ0) is 20.7. The van der Waals surface area contributed by atoms with Gasteiger partial charge in [-0.05, 0) is 0 Å². The third-order valence-electron chi connectivity index (χ3n) is 7.23. The molecular formula is C24H50N2Sn. The van der Waals surface area contributed by atoms with Crippen molar-refractivity contribution in [1.29, 1.82) is 0 Å². The van der Waals surface area contributed by atoms with Gasteiger partial charge in [-0.2, -0.15) is 0 Å². The molecule has 0 saturated heterocycles. The van der Waals surface area contributed by atoms with E-state index in [0.717, 1.165) is 0 Å². The number of hydrogen-bond acceptors (Lipinski definition) is 2. The summed E-state index contributed by atoms with van der Waals surface area (Å²) in [6.45, 7) is 17.2. The Kier molecular flexibility index (Phi) is 10.4. The summed E-state index contributed by atoms with van der Waals surface area (Å²) < 4.78 is 6.74. The van der Waals surface area contributed by atoms with E-state index in [1.807, 2.05) is 3.59 Å². The summed E-state index contributed by atoms with van der Waals surface area (Å²) in [6, 6.07) is 0.515. The van der Waals surface area contributed by atoms with Crippen LogP contribution in [-0.4, -0.2) is 43.5 Å². The minimum absolute atomic E-state index is 0.233. The summed E-state index contributed by atoms with van der Waals surface area (Å²) >= 11 is -2.41. The molecule has 3 heteroatoms. The molecule has 0 saturated carbocycles. The Hall–Kier alpha value is 0.459. The Balaban J connectivity index is 3.45. The Morgan fingerprint density at radius 3 is 1.67 bits per heavy atom. The van der Waals surface area contributed by atoms with Gasteiger partial charge in [-0.3, -0.25) is 0 Å². The summed E-state index contributed by atoms with van der Waals surface area (Å²) in [5, 5.41) is 2.19. The number of unbranched alkanes of at least 4 members (excludes halogenated alkanes) is 3. The van der Waals surface area contributed by atoms with E-state index in [1.54, 1.807) is 13.3 Å². The third-order valence-corrected chi connectivity index (χ3v) is 23.8. The van der Waals surface area contributed by atoms with Crippen LogP contribution in [0.2, 0.25) is 13.3 Å². The molecule has 0 aromatic carbocycles. The Morgan fingerprint density at radius 2 is 1.33 bits per heavy atom. The molecular weight excluding hydrogens is 435 g/mol. The molecule has 0 spiro atoms. The summed E-state index contributed by atoms with van der Waals surface area (Å²) in [7, 11) is 4.32. The van der Waals surface area contributed by atoms with Crippen LogP contribution < -0.4 is 5.43 Å². The maximum absolute atomic E-state index is 3.86. The first-order valence-electron chi connectivity index (χ1n) is 11.8. The van der Waals surface area contributed by atoms with Crippen molar-refractivity contribution in [1.82, 2.24) is 10.4 Å². The van der Waals surface area contributed by atoms with Crippen molar-refractivity contribution in [2.24, 2.45) is 10.8 Å². The zero-order valence-corrected chi connectivity index (χ0v) is 23.0. The van der Waals surface area contributed by atoms with Gasteiger partial charge in [0.1, 0.15) is 0 Å². The van der Waals surface area contributed by atoms with Gasteiger partial charge in [-0.1, -0.05) is 0 Å². The van der Waals surface area contributed by atoms with Gasteiger partial charge in [0.2, 0.25) is 0 Å². The molecule has 0 bridgehead atoms. The van der Waals surface area contributed by atoms with Crippen molar-refractivity contribution >= 4 is 18.4 Å². The Morgan fingerprint density at radius 1 is 0.889 bits per heavy atom. The van der Waals surface area contributed by atoms with E-state index >= 15 is 0 Å². The molecule has 1 aliphatic rings. The molecule has 2 nitrogen and oxygen atoms in total. The molecule has 1 aliphatic carbocycles. The van der Waals surface area contributed by atoms with Crippen LogP contribution in [0.5, 0.6) is 0 Å². The zero-order valence-electron chi connectivity index (χ0n) is 20.2. The minimum atomic E-state index is -2.41. The summed E-state index contributed by atoms with van der Waals surface area (Å²) in [5.74, 6) is 0. The molecule has 0 amide bonds. The van der Waals surface area contributed by atoms with Crippen molar-refractivity contribution in [2.45, 2.75) is 113 Å². The van der Waals surface area contributed by atoms with Crippen LogP contribution in [0.15, 0.2) is 9.67 Å². The SMILES string of the molecule is CCC[CH2][Sn]([CH2]CCC)([CH2]CCC)[C]1=CC(C)(C)C(NN(C)C)C1(C)CC. The van der Waals surface area contributed by atoms with Gasteiger partial charge in [0.05, 0.1) is 0 Å². The van der Waals surface area contributed by atoms with Crippen LogP contribution in [-0.2, 0) is 0 Å². The number of hydrogen-bond donors (Lipinski definition) is 1. The quantitative estimate of drug-likeness (QED) is 0.219. The number of nitrogens with zero attached hydrogens (tertiary/aromatic N) is 1. The van der Waals surface area contributed by atoms with Gasteiger partial charge in [0.25, 0.3) is 0 Å². The topological polar surface area (TPSA) is 15.3 Å². The molecule has 160 valence electrons. The second kappa shape index (κ2) is 11.0. The van der Waals surface area contributed by atoms with E-state index in [9.17, 15) is 0 Å². The van der Waals surface area contributed by atoms with Gasteiger partial charge in [-0.15, -0.1) is 0 Å². The van der Waals surface area contributed by atoms with E-state index in [1.165, 1.54) is 44.9 Å². The van der Waals surface area contributed by atoms with Crippen molar-refractivity contribution in [3.05, 3.63) is 9.67 Å². The fourth-order valence-electron chi connectivity index (χ4n) is 5.64. The van der Waals surface area contributed by atoms with E-state index in [2.05, 4.69) is 79.1 Å². The van der Waals surface area contributed by atoms with Gasteiger partial charge in [0.15, 0.2) is 0 Å². The molecule has 0 aromatic rings. The monoisotopic (exact) mass is 486 g/mol. The fourth-order valence-corrected chi connectivity index (χ4v) is 25.2. The molecule has 0 aliphatic heterocycles. The molecule has 0 fully saturated rings. The van der Waals surface area contributed by atoms with E-state index in [4.69, 9.17) is 0 Å². The molecule has 2 unspecified atom stereocenters. The standard InChI is InChI=1S/C12H23N2.3C4H9.Sn/c1-7-12(4)9-8-11(2,3)10(12)13-14(5)6;3*1-3-4-2;/h8,10,13H,7H2,1-6H3;3*1,3-4H2,2H3;. The molecule has 0 radical (unpaired) electrons. The molecule has 1 rings (SSSR count). The van der Waals surface area contributed by atoms with Crippen molar-refractivity contribution in [3.63, 3.8) is 0 Å². The molecule has 2 atom stereocenters. The number of nitrogens with one attached hydrogen (secondary N) is 1.